The minimum atomic E-state index is -0.874. The number of ether oxygens (including phenoxy) is 2. The van der Waals surface area contributed by atoms with Crippen molar-refractivity contribution in [2.75, 3.05) is 6.61 Å². The number of nitrogens with zero attached hydrogens (tertiary/aromatic N) is 2. The Balaban J connectivity index is 1.62. The van der Waals surface area contributed by atoms with E-state index in [4.69, 9.17) is 26.8 Å². The maximum Gasteiger partial charge on any atom is 0.269 e. The number of halogens is 3. The van der Waals surface area contributed by atoms with Crippen molar-refractivity contribution in [3.63, 3.8) is 0 Å². The van der Waals surface area contributed by atoms with E-state index in [0.29, 0.717) is 5.69 Å². The third kappa shape index (κ3) is 5.55. The number of hydrogen-bond donors (Lipinski definition) is 1. The second-order valence-corrected chi connectivity index (χ2v) is 8.32. The van der Waals surface area contributed by atoms with Crippen LogP contribution in [0.25, 0.3) is 5.69 Å². The van der Waals surface area contributed by atoms with E-state index < -0.39 is 28.9 Å². The number of hydrogen-bond acceptors (Lipinski definition) is 6. The Morgan fingerprint density at radius 1 is 1.03 bits per heavy atom. The number of benzene rings is 2. The Kier molecular flexibility index (Phi) is 7.82. The van der Waals surface area contributed by atoms with Crippen molar-refractivity contribution in [2.45, 2.75) is 13.3 Å². The molecule has 0 spiro atoms. The average molecular weight is 540 g/mol. The molecule has 0 radical (unpaired) electrons. The molecule has 0 aliphatic rings. The molecule has 2 aromatic heterocycles. The van der Waals surface area contributed by atoms with Gasteiger partial charge >= 0.3 is 0 Å². The zero-order chi connectivity index (χ0) is 27.4. The Morgan fingerprint density at radius 2 is 1.76 bits per heavy atom. The molecule has 0 bridgehead atoms. The van der Waals surface area contributed by atoms with Gasteiger partial charge in [0.15, 0.2) is 17.3 Å². The molecule has 0 saturated heterocycles. The molecule has 2 aromatic carbocycles. The van der Waals surface area contributed by atoms with E-state index in [1.54, 1.807) is 6.92 Å². The van der Waals surface area contributed by atoms with E-state index >= 15 is 0 Å². The van der Waals surface area contributed by atoms with Crippen LogP contribution in [0.4, 0.5) is 8.78 Å². The fourth-order valence-corrected chi connectivity index (χ4v) is 3.91. The van der Waals surface area contributed by atoms with Crippen molar-refractivity contribution in [3.8, 4) is 22.9 Å². The lowest BCUT2D eigenvalue weighted by atomic mass is 10.0. The largest absolute Gasteiger partial charge is 0.493 e. The third-order valence-corrected chi connectivity index (χ3v) is 5.77. The van der Waals surface area contributed by atoms with Crippen LogP contribution >= 0.6 is 11.6 Å². The van der Waals surface area contributed by atoms with Gasteiger partial charge in [0.25, 0.3) is 11.5 Å². The second-order valence-electron chi connectivity index (χ2n) is 7.94. The van der Waals surface area contributed by atoms with Gasteiger partial charge in [0, 0.05) is 30.6 Å². The molecule has 1 amide bonds. The van der Waals surface area contributed by atoms with Crippen molar-refractivity contribution < 1.29 is 27.8 Å². The molecule has 0 fully saturated rings. The molecule has 0 atom stereocenters. The zero-order valence-corrected chi connectivity index (χ0v) is 20.7. The molecule has 0 aliphatic heterocycles. The van der Waals surface area contributed by atoms with E-state index in [-0.39, 0.29) is 52.1 Å². The number of Topliss-reactive ketones (excluding diaryl/α,β-unsaturated/α-hetero) is 1. The van der Waals surface area contributed by atoms with Gasteiger partial charge in [0.1, 0.15) is 33.6 Å². The molecule has 2 N–H and O–H groups in total. The van der Waals surface area contributed by atoms with Crippen LogP contribution in [-0.4, -0.2) is 27.8 Å². The normalized spacial score (nSPS) is 10.7. The van der Waals surface area contributed by atoms with Crippen molar-refractivity contribution in [2.24, 2.45) is 5.73 Å². The number of rotatable bonds is 9. The van der Waals surface area contributed by atoms with E-state index in [0.717, 1.165) is 6.07 Å². The molecule has 8 nitrogen and oxygen atoms in total. The van der Waals surface area contributed by atoms with Gasteiger partial charge < -0.3 is 15.2 Å². The molecular formula is C27H20ClF2N3O5. The highest BCUT2D eigenvalue weighted by atomic mass is 35.5. The van der Waals surface area contributed by atoms with Crippen molar-refractivity contribution in [1.82, 2.24) is 9.55 Å². The summed E-state index contributed by atoms with van der Waals surface area (Å²) in [7, 11) is 0. The van der Waals surface area contributed by atoms with Gasteiger partial charge in [-0.05, 0) is 55.0 Å². The van der Waals surface area contributed by atoms with Gasteiger partial charge in [0.05, 0.1) is 6.61 Å². The zero-order valence-electron chi connectivity index (χ0n) is 19.9. The second kappa shape index (κ2) is 11.2. The van der Waals surface area contributed by atoms with Crippen LogP contribution in [0.3, 0.4) is 0 Å². The highest BCUT2D eigenvalue weighted by Gasteiger charge is 2.21. The van der Waals surface area contributed by atoms with Crippen LogP contribution in [0.1, 0.15) is 33.3 Å². The van der Waals surface area contributed by atoms with Crippen molar-refractivity contribution in [3.05, 3.63) is 111 Å². The summed E-state index contributed by atoms with van der Waals surface area (Å²) in [5, 5.41) is -0.177. The Hall–Kier alpha value is -4.57. The van der Waals surface area contributed by atoms with E-state index in [2.05, 4.69) is 4.98 Å². The number of primary amides is 1. The SMILES string of the molecule is CCOc1ccn(-c2ccc(F)cc2)c(=O)c1C(=O)Cc1ccc(Oc2ccnc(C(N)=O)c2Cl)c(F)c1. The lowest BCUT2D eigenvalue weighted by molar-refractivity contribution is 0.0982. The predicted molar refractivity (Wildman–Crippen MR) is 135 cm³/mol. The summed E-state index contributed by atoms with van der Waals surface area (Å²) in [6.07, 6.45) is 2.35. The summed E-state index contributed by atoms with van der Waals surface area (Å²) in [4.78, 5) is 41.7. The first kappa shape index (κ1) is 26.5. The number of carbonyl (C=O) groups is 2. The molecule has 0 aliphatic carbocycles. The quantitative estimate of drug-likeness (QED) is 0.303. The lowest BCUT2D eigenvalue weighted by Gasteiger charge is -2.13. The Morgan fingerprint density at radius 3 is 2.42 bits per heavy atom. The number of ketones is 1. The summed E-state index contributed by atoms with van der Waals surface area (Å²) >= 11 is 6.08. The summed E-state index contributed by atoms with van der Waals surface area (Å²) in [6.45, 7) is 1.91. The van der Waals surface area contributed by atoms with Crippen LogP contribution in [0.2, 0.25) is 5.02 Å². The molecule has 0 saturated carbocycles. The molecule has 4 rings (SSSR count). The Bertz CT molecular complexity index is 1590. The minimum Gasteiger partial charge on any atom is -0.493 e. The maximum atomic E-state index is 14.9. The number of aromatic nitrogens is 2. The fourth-order valence-electron chi connectivity index (χ4n) is 3.66. The Labute approximate surface area is 220 Å². The molecule has 38 heavy (non-hydrogen) atoms. The van der Waals surface area contributed by atoms with E-state index in [1.807, 2.05) is 0 Å². The molecule has 194 valence electrons. The van der Waals surface area contributed by atoms with Gasteiger partial charge in [-0.1, -0.05) is 17.7 Å². The summed E-state index contributed by atoms with van der Waals surface area (Å²) in [6, 6.07) is 11.8. The highest BCUT2D eigenvalue weighted by Crippen LogP contribution is 2.32. The summed E-state index contributed by atoms with van der Waals surface area (Å²) in [5.74, 6) is -2.95. The first-order chi connectivity index (χ1) is 18.2. The van der Waals surface area contributed by atoms with Gasteiger partial charge in [-0.2, -0.15) is 0 Å². The van der Waals surface area contributed by atoms with Crippen LogP contribution in [0.15, 0.2) is 71.8 Å². The molecule has 4 aromatic rings. The van der Waals surface area contributed by atoms with Crippen LogP contribution in [0.5, 0.6) is 17.2 Å². The fraction of sp³-hybridized carbons (Fsp3) is 0.111. The molecule has 0 unspecified atom stereocenters. The van der Waals surface area contributed by atoms with E-state index in [1.165, 1.54) is 65.5 Å². The highest BCUT2D eigenvalue weighted by molar-refractivity contribution is 6.34. The average Bonchev–Trinajstić information content (AvgIpc) is 2.87. The first-order valence-electron chi connectivity index (χ1n) is 11.3. The van der Waals surface area contributed by atoms with Gasteiger partial charge in [-0.3, -0.25) is 19.0 Å². The molecule has 11 heteroatoms. The van der Waals surface area contributed by atoms with Gasteiger partial charge in [0.2, 0.25) is 0 Å². The monoisotopic (exact) mass is 539 g/mol. The lowest BCUT2D eigenvalue weighted by Crippen LogP contribution is -2.27. The van der Waals surface area contributed by atoms with Gasteiger partial charge in [-0.25, -0.2) is 13.8 Å². The van der Waals surface area contributed by atoms with E-state index in [9.17, 15) is 23.2 Å². The third-order valence-electron chi connectivity index (χ3n) is 5.41. The van der Waals surface area contributed by atoms with Crippen molar-refractivity contribution in [1.29, 1.82) is 0 Å². The van der Waals surface area contributed by atoms with Gasteiger partial charge in [-0.15, -0.1) is 0 Å². The molecular weight excluding hydrogens is 520 g/mol. The van der Waals surface area contributed by atoms with Crippen LogP contribution in [0, 0.1) is 11.6 Å². The number of amides is 1. The number of nitrogens with two attached hydrogens (primary N) is 1. The summed E-state index contributed by atoms with van der Waals surface area (Å²) < 4.78 is 40.4. The van der Waals surface area contributed by atoms with Crippen molar-refractivity contribution >= 4 is 23.3 Å². The first-order valence-corrected chi connectivity index (χ1v) is 11.7. The number of pyridine rings is 2. The standard InChI is InChI=1S/C27H20ClF2N3O5/c1-2-37-21-10-12-33(17-6-4-16(29)5-7-17)27(36)23(21)19(34)14-15-3-8-20(18(30)13-15)38-22-9-11-32-25(24(22)28)26(31)35/h3-13H,2,14H2,1H3,(H2,31,35). The van der Waals surface area contributed by atoms with Crippen LogP contribution in [-0.2, 0) is 6.42 Å². The maximum absolute atomic E-state index is 14.9. The minimum absolute atomic E-state index is 0.0369. The smallest absolute Gasteiger partial charge is 0.269 e. The number of carbonyl (C=O) groups excluding carboxylic acids is 2. The topological polar surface area (TPSA) is 114 Å². The molecule has 2 heterocycles. The summed E-state index contributed by atoms with van der Waals surface area (Å²) in [5.41, 5.74) is 4.72. The van der Waals surface area contributed by atoms with Crippen LogP contribution < -0.4 is 20.8 Å². The predicted octanol–water partition coefficient (Wildman–Crippen LogP) is 4.88.